The molecule has 1 rings (SSSR count). The van der Waals surface area contributed by atoms with E-state index in [9.17, 15) is 21.6 Å². The van der Waals surface area contributed by atoms with E-state index in [4.69, 9.17) is 0 Å². The van der Waals surface area contributed by atoms with E-state index in [1.807, 2.05) is 13.8 Å². The Morgan fingerprint density at radius 2 is 1.91 bits per heavy atom. The van der Waals surface area contributed by atoms with E-state index in [0.29, 0.717) is 6.42 Å². The van der Waals surface area contributed by atoms with Crippen molar-refractivity contribution in [3.05, 3.63) is 0 Å². The molecular formula is C13H26N2O5S2. The number of nitrogens with one attached hydrogen (secondary N) is 1. The number of hydrogen-bond acceptors (Lipinski definition) is 5. The zero-order valence-corrected chi connectivity index (χ0v) is 15.0. The van der Waals surface area contributed by atoms with Crippen LogP contribution in [0, 0.1) is 5.92 Å². The summed E-state index contributed by atoms with van der Waals surface area (Å²) in [6.07, 6.45) is 2.86. The monoisotopic (exact) mass is 354 g/mol. The van der Waals surface area contributed by atoms with Crippen LogP contribution in [0.15, 0.2) is 0 Å². The van der Waals surface area contributed by atoms with Gasteiger partial charge in [-0.15, -0.1) is 0 Å². The molecule has 0 aliphatic carbocycles. The molecule has 7 nitrogen and oxygen atoms in total. The Bertz CT molecular complexity index is 582. The molecule has 0 bridgehead atoms. The third-order valence-corrected chi connectivity index (χ3v) is 7.11. The van der Waals surface area contributed by atoms with E-state index in [2.05, 4.69) is 5.32 Å². The number of sulfone groups is 1. The van der Waals surface area contributed by atoms with E-state index in [-0.39, 0.29) is 36.4 Å². The number of nitrogens with zero attached hydrogens (tertiary/aromatic N) is 1. The van der Waals surface area contributed by atoms with E-state index >= 15 is 0 Å². The van der Waals surface area contributed by atoms with Gasteiger partial charge in [-0.25, -0.2) is 16.8 Å². The molecule has 1 heterocycles. The van der Waals surface area contributed by atoms with Crippen molar-refractivity contribution in [2.24, 2.45) is 5.92 Å². The normalized spacial score (nSPS) is 21.4. The van der Waals surface area contributed by atoms with Crippen LogP contribution >= 0.6 is 0 Å². The molecule has 1 saturated heterocycles. The zero-order chi connectivity index (χ0) is 17.0. The fourth-order valence-corrected chi connectivity index (χ4v) is 5.68. The molecule has 1 fully saturated rings. The third kappa shape index (κ3) is 5.51. The van der Waals surface area contributed by atoms with Gasteiger partial charge in [0, 0.05) is 25.0 Å². The molecule has 1 amide bonds. The molecule has 1 aliphatic heterocycles. The first-order valence-corrected chi connectivity index (χ1v) is 11.2. The fourth-order valence-electron chi connectivity index (χ4n) is 2.71. The Morgan fingerprint density at radius 3 is 2.32 bits per heavy atom. The SMILES string of the molecule is CCC(CC)C(=O)NCCN(C1CCS(=O)(=O)C1)S(C)(=O)=O. The van der Waals surface area contributed by atoms with Crippen LogP contribution in [0.25, 0.3) is 0 Å². The average molecular weight is 354 g/mol. The number of carbonyl (C=O) groups is 1. The lowest BCUT2D eigenvalue weighted by Gasteiger charge is -2.26. The maximum absolute atomic E-state index is 11.9. The van der Waals surface area contributed by atoms with Crippen molar-refractivity contribution in [1.29, 1.82) is 0 Å². The minimum Gasteiger partial charge on any atom is -0.355 e. The summed E-state index contributed by atoms with van der Waals surface area (Å²) in [4.78, 5) is 11.9. The average Bonchev–Trinajstić information content (AvgIpc) is 2.74. The number of sulfonamides is 1. The molecule has 9 heteroatoms. The van der Waals surface area contributed by atoms with Crippen molar-refractivity contribution in [2.75, 3.05) is 30.9 Å². The van der Waals surface area contributed by atoms with Gasteiger partial charge in [0.05, 0.1) is 17.8 Å². The highest BCUT2D eigenvalue weighted by Crippen LogP contribution is 2.19. The van der Waals surface area contributed by atoms with Crippen molar-refractivity contribution in [3.8, 4) is 0 Å². The maximum Gasteiger partial charge on any atom is 0.223 e. The second-order valence-electron chi connectivity index (χ2n) is 5.74. The molecule has 1 N–H and O–H groups in total. The molecule has 130 valence electrons. The summed E-state index contributed by atoms with van der Waals surface area (Å²) >= 11 is 0. The van der Waals surface area contributed by atoms with Gasteiger partial charge >= 0.3 is 0 Å². The number of carbonyl (C=O) groups excluding carboxylic acids is 1. The first-order chi connectivity index (χ1) is 10.1. The van der Waals surface area contributed by atoms with Gasteiger partial charge in [0.25, 0.3) is 0 Å². The van der Waals surface area contributed by atoms with E-state index in [1.165, 1.54) is 4.31 Å². The smallest absolute Gasteiger partial charge is 0.223 e. The topological polar surface area (TPSA) is 101 Å². The van der Waals surface area contributed by atoms with Crippen LogP contribution in [-0.4, -0.2) is 63.9 Å². The highest BCUT2D eigenvalue weighted by Gasteiger charge is 2.36. The van der Waals surface area contributed by atoms with E-state index in [1.54, 1.807) is 0 Å². The predicted molar refractivity (Wildman–Crippen MR) is 85.7 cm³/mol. The van der Waals surface area contributed by atoms with Crippen LogP contribution in [0.1, 0.15) is 33.1 Å². The Balaban J connectivity index is 2.63. The lowest BCUT2D eigenvalue weighted by atomic mass is 10.0. The van der Waals surface area contributed by atoms with Crippen molar-refractivity contribution in [2.45, 2.75) is 39.2 Å². The largest absolute Gasteiger partial charge is 0.355 e. The minimum absolute atomic E-state index is 0.0176. The molecule has 0 saturated carbocycles. The van der Waals surface area contributed by atoms with Crippen molar-refractivity contribution < 1.29 is 21.6 Å². The van der Waals surface area contributed by atoms with Gasteiger partial charge < -0.3 is 5.32 Å². The standard InChI is InChI=1S/C13H26N2O5S2/c1-4-11(5-2)13(16)14-7-8-15(21(3,17)18)12-6-9-22(19,20)10-12/h11-12H,4-10H2,1-3H3,(H,14,16). The summed E-state index contributed by atoms with van der Waals surface area (Å²) in [5.74, 6) is -0.277. The highest BCUT2D eigenvalue weighted by molar-refractivity contribution is 7.92. The summed E-state index contributed by atoms with van der Waals surface area (Å²) in [7, 11) is -6.67. The summed E-state index contributed by atoms with van der Waals surface area (Å²) in [5.41, 5.74) is 0. The van der Waals surface area contributed by atoms with Gasteiger partial charge in [0.15, 0.2) is 9.84 Å². The summed E-state index contributed by atoms with van der Waals surface area (Å²) in [6, 6.07) is -0.523. The van der Waals surface area contributed by atoms with E-state index < -0.39 is 25.9 Å². The number of hydrogen-bond donors (Lipinski definition) is 1. The van der Waals surface area contributed by atoms with Gasteiger partial charge in [0.2, 0.25) is 15.9 Å². The fraction of sp³-hybridized carbons (Fsp3) is 0.923. The molecule has 0 spiro atoms. The molecule has 1 atom stereocenters. The van der Waals surface area contributed by atoms with Gasteiger partial charge in [-0.05, 0) is 19.3 Å². The van der Waals surface area contributed by atoms with Crippen LogP contribution in [0.4, 0.5) is 0 Å². The minimum atomic E-state index is -3.51. The van der Waals surface area contributed by atoms with Crippen molar-refractivity contribution in [1.82, 2.24) is 9.62 Å². The van der Waals surface area contributed by atoms with Gasteiger partial charge in [-0.1, -0.05) is 13.8 Å². The van der Waals surface area contributed by atoms with Crippen LogP contribution < -0.4 is 5.32 Å². The molecule has 1 aliphatic rings. The van der Waals surface area contributed by atoms with Crippen molar-refractivity contribution in [3.63, 3.8) is 0 Å². The molecular weight excluding hydrogens is 328 g/mol. The first-order valence-electron chi connectivity index (χ1n) is 7.55. The third-order valence-electron chi connectivity index (χ3n) is 4.03. The Kier molecular flexibility index (Phi) is 6.82. The molecule has 0 aromatic heterocycles. The number of rotatable bonds is 8. The van der Waals surface area contributed by atoms with Gasteiger partial charge in [-0.3, -0.25) is 4.79 Å². The molecule has 1 unspecified atom stereocenters. The van der Waals surface area contributed by atoms with Crippen LogP contribution in [0.2, 0.25) is 0 Å². The second-order valence-corrected chi connectivity index (χ2v) is 9.90. The molecule has 0 aromatic rings. The molecule has 22 heavy (non-hydrogen) atoms. The highest BCUT2D eigenvalue weighted by atomic mass is 32.2. The quantitative estimate of drug-likeness (QED) is 0.660. The summed E-state index contributed by atoms with van der Waals surface area (Å²) in [5, 5.41) is 2.74. The lowest BCUT2D eigenvalue weighted by Crippen LogP contribution is -2.45. The number of amides is 1. The summed E-state index contributed by atoms with van der Waals surface area (Å²) < 4.78 is 48.0. The predicted octanol–water partition coefficient (Wildman–Crippen LogP) is -0.0125. The lowest BCUT2D eigenvalue weighted by molar-refractivity contribution is -0.125. The van der Waals surface area contributed by atoms with Gasteiger partial charge in [0.1, 0.15) is 0 Å². The maximum atomic E-state index is 11.9. The molecule has 0 aromatic carbocycles. The molecule has 0 radical (unpaired) electrons. The van der Waals surface area contributed by atoms with Crippen LogP contribution in [-0.2, 0) is 24.7 Å². The van der Waals surface area contributed by atoms with Gasteiger partial charge in [-0.2, -0.15) is 4.31 Å². The zero-order valence-electron chi connectivity index (χ0n) is 13.4. The Labute approximate surface area is 133 Å². The Hall–Kier alpha value is -0.670. The van der Waals surface area contributed by atoms with Crippen molar-refractivity contribution >= 4 is 25.8 Å². The van der Waals surface area contributed by atoms with Crippen LogP contribution in [0.5, 0.6) is 0 Å². The Morgan fingerprint density at radius 1 is 1.32 bits per heavy atom. The summed E-state index contributed by atoms with van der Waals surface area (Å²) in [6.45, 7) is 4.16. The van der Waals surface area contributed by atoms with Crippen LogP contribution in [0.3, 0.4) is 0 Å². The van der Waals surface area contributed by atoms with E-state index in [0.717, 1.165) is 19.1 Å². The second kappa shape index (κ2) is 7.74. The first kappa shape index (κ1) is 19.4.